The zero-order valence-corrected chi connectivity index (χ0v) is 13.7. The van der Waals surface area contributed by atoms with E-state index in [0.29, 0.717) is 6.61 Å². The molecule has 1 aromatic carbocycles. The van der Waals surface area contributed by atoms with E-state index in [1.54, 1.807) is 6.20 Å². The molecule has 1 amide bonds. The molecule has 23 heavy (non-hydrogen) atoms. The number of carbonyl (C=O) groups is 1. The van der Waals surface area contributed by atoms with Crippen molar-refractivity contribution in [1.29, 1.82) is 0 Å². The summed E-state index contributed by atoms with van der Waals surface area (Å²) in [7, 11) is 0. The molecule has 1 aromatic heterocycles. The molecule has 0 unspecified atom stereocenters. The minimum atomic E-state index is -0.0147. The van der Waals surface area contributed by atoms with Crippen LogP contribution >= 0.6 is 0 Å². The Morgan fingerprint density at radius 2 is 2.17 bits per heavy atom. The van der Waals surface area contributed by atoms with Crippen molar-refractivity contribution in [2.75, 3.05) is 13.2 Å². The Labute approximate surface area is 136 Å². The fourth-order valence-corrected chi connectivity index (χ4v) is 2.94. The average molecular weight is 313 g/mol. The Kier molecular flexibility index (Phi) is 4.76. The Hall–Kier alpha value is -2.14. The summed E-state index contributed by atoms with van der Waals surface area (Å²) in [6, 6.07) is 8.20. The molecule has 3 rings (SSSR count). The van der Waals surface area contributed by atoms with Crippen LogP contribution in [0, 0.1) is 12.8 Å². The number of ether oxygens (including phenoxy) is 1. The predicted molar refractivity (Wildman–Crippen MR) is 88.4 cm³/mol. The number of amides is 1. The van der Waals surface area contributed by atoms with Gasteiger partial charge in [-0.1, -0.05) is 12.1 Å². The molecule has 5 heteroatoms. The van der Waals surface area contributed by atoms with E-state index in [4.69, 9.17) is 4.74 Å². The Morgan fingerprint density at radius 1 is 1.39 bits per heavy atom. The third-order valence-electron chi connectivity index (χ3n) is 4.39. The van der Waals surface area contributed by atoms with Gasteiger partial charge in [-0.3, -0.25) is 4.79 Å². The largest absolute Gasteiger partial charge is 0.381 e. The van der Waals surface area contributed by atoms with Crippen LogP contribution in [-0.4, -0.2) is 28.7 Å². The second-order valence-electron chi connectivity index (χ2n) is 6.08. The summed E-state index contributed by atoms with van der Waals surface area (Å²) in [5, 5.41) is 3.09. The zero-order chi connectivity index (χ0) is 16.2. The average Bonchev–Trinajstić information content (AvgIpc) is 3.02. The van der Waals surface area contributed by atoms with Gasteiger partial charge in [-0.05, 0) is 44.4 Å². The standard InChI is InChI=1S/C18H23N3O2/c1-13(20-18(22)16-4-3-11-23-12-16)15-5-7-17(8-6-15)21-10-9-19-14(21)2/h5-10,13,16H,3-4,11-12H2,1-2H3,(H,20,22)/t13-,16+/m1/s1. The molecular weight excluding hydrogens is 290 g/mol. The van der Waals surface area contributed by atoms with Crippen LogP contribution in [-0.2, 0) is 9.53 Å². The number of aryl methyl sites for hydroxylation is 1. The fraction of sp³-hybridized carbons (Fsp3) is 0.444. The highest BCUT2D eigenvalue weighted by molar-refractivity contribution is 5.79. The van der Waals surface area contributed by atoms with Gasteiger partial charge in [-0.15, -0.1) is 0 Å². The summed E-state index contributed by atoms with van der Waals surface area (Å²) in [6.45, 7) is 5.30. The van der Waals surface area contributed by atoms with Crippen molar-refractivity contribution < 1.29 is 9.53 Å². The highest BCUT2D eigenvalue weighted by Gasteiger charge is 2.23. The fourth-order valence-electron chi connectivity index (χ4n) is 2.94. The van der Waals surface area contributed by atoms with Crippen LogP contribution in [0.2, 0.25) is 0 Å². The normalized spacial score (nSPS) is 19.3. The first-order chi connectivity index (χ1) is 11.1. The lowest BCUT2D eigenvalue weighted by atomic mass is 10.00. The molecule has 1 saturated heterocycles. The first kappa shape index (κ1) is 15.7. The lowest BCUT2D eigenvalue weighted by Gasteiger charge is -2.23. The van der Waals surface area contributed by atoms with Crippen LogP contribution in [0.25, 0.3) is 5.69 Å². The van der Waals surface area contributed by atoms with Crippen molar-refractivity contribution in [2.24, 2.45) is 5.92 Å². The summed E-state index contributed by atoms with van der Waals surface area (Å²) in [5.41, 5.74) is 2.17. The van der Waals surface area contributed by atoms with E-state index in [0.717, 1.165) is 36.5 Å². The van der Waals surface area contributed by atoms with E-state index in [9.17, 15) is 4.79 Å². The minimum absolute atomic E-state index is 0.0117. The predicted octanol–water partition coefficient (Wildman–Crippen LogP) is 2.78. The Bertz CT molecular complexity index is 657. The van der Waals surface area contributed by atoms with Gasteiger partial charge in [0.15, 0.2) is 0 Å². The molecule has 0 saturated carbocycles. The second-order valence-corrected chi connectivity index (χ2v) is 6.08. The Balaban J connectivity index is 1.64. The number of aromatic nitrogens is 2. The van der Waals surface area contributed by atoms with Crippen molar-refractivity contribution in [3.05, 3.63) is 48.0 Å². The number of imidazole rings is 1. The minimum Gasteiger partial charge on any atom is -0.381 e. The molecular formula is C18H23N3O2. The molecule has 2 heterocycles. The topological polar surface area (TPSA) is 56.2 Å². The highest BCUT2D eigenvalue weighted by atomic mass is 16.5. The molecule has 5 nitrogen and oxygen atoms in total. The van der Waals surface area contributed by atoms with Gasteiger partial charge in [0.2, 0.25) is 5.91 Å². The van der Waals surface area contributed by atoms with Gasteiger partial charge >= 0.3 is 0 Å². The molecule has 0 aliphatic carbocycles. The summed E-state index contributed by atoms with van der Waals surface area (Å²) in [4.78, 5) is 16.5. The van der Waals surface area contributed by atoms with Crippen LogP contribution in [0.1, 0.15) is 37.2 Å². The molecule has 1 N–H and O–H groups in total. The Morgan fingerprint density at radius 3 is 2.78 bits per heavy atom. The van der Waals surface area contributed by atoms with E-state index in [-0.39, 0.29) is 17.9 Å². The van der Waals surface area contributed by atoms with Crippen LogP contribution in [0.5, 0.6) is 0 Å². The molecule has 0 spiro atoms. The highest BCUT2D eigenvalue weighted by Crippen LogP contribution is 2.19. The third kappa shape index (κ3) is 3.62. The molecule has 0 bridgehead atoms. The molecule has 122 valence electrons. The van der Waals surface area contributed by atoms with Crippen molar-refractivity contribution in [2.45, 2.75) is 32.7 Å². The number of nitrogens with zero attached hydrogens (tertiary/aromatic N) is 2. The van der Waals surface area contributed by atoms with Crippen molar-refractivity contribution in [3.8, 4) is 5.69 Å². The van der Waals surface area contributed by atoms with E-state index in [1.807, 2.05) is 24.6 Å². The smallest absolute Gasteiger partial charge is 0.225 e. The first-order valence-electron chi connectivity index (χ1n) is 8.13. The monoisotopic (exact) mass is 313 g/mol. The van der Waals surface area contributed by atoms with E-state index in [2.05, 4.69) is 34.6 Å². The van der Waals surface area contributed by atoms with Gasteiger partial charge < -0.3 is 14.6 Å². The summed E-state index contributed by atoms with van der Waals surface area (Å²) >= 11 is 0. The quantitative estimate of drug-likeness (QED) is 0.944. The number of rotatable bonds is 4. The lowest BCUT2D eigenvalue weighted by Crippen LogP contribution is -2.36. The van der Waals surface area contributed by atoms with Crippen LogP contribution in [0.3, 0.4) is 0 Å². The zero-order valence-electron chi connectivity index (χ0n) is 13.7. The second kappa shape index (κ2) is 6.96. The van der Waals surface area contributed by atoms with Crippen molar-refractivity contribution >= 4 is 5.91 Å². The summed E-state index contributed by atoms with van der Waals surface area (Å²) in [6.07, 6.45) is 5.61. The van der Waals surface area contributed by atoms with Gasteiger partial charge in [-0.2, -0.15) is 0 Å². The molecule has 1 aliphatic rings. The number of hydrogen-bond donors (Lipinski definition) is 1. The molecule has 1 fully saturated rings. The van der Waals surface area contributed by atoms with Crippen molar-refractivity contribution in [3.63, 3.8) is 0 Å². The van der Waals surface area contributed by atoms with Gasteiger partial charge in [0.25, 0.3) is 0 Å². The van der Waals surface area contributed by atoms with E-state index in [1.165, 1.54) is 0 Å². The van der Waals surface area contributed by atoms with Crippen LogP contribution in [0.4, 0.5) is 0 Å². The SMILES string of the molecule is Cc1nccn1-c1ccc([C@@H](C)NC(=O)[C@H]2CCCOC2)cc1. The molecule has 2 atom stereocenters. The number of nitrogens with one attached hydrogen (secondary N) is 1. The third-order valence-corrected chi connectivity index (χ3v) is 4.39. The molecule has 2 aromatic rings. The maximum absolute atomic E-state index is 12.3. The lowest BCUT2D eigenvalue weighted by molar-refractivity contribution is -0.129. The van der Waals surface area contributed by atoms with E-state index >= 15 is 0 Å². The van der Waals surface area contributed by atoms with E-state index < -0.39 is 0 Å². The summed E-state index contributed by atoms with van der Waals surface area (Å²) in [5.74, 6) is 1.03. The first-order valence-corrected chi connectivity index (χ1v) is 8.13. The molecule has 1 aliphatic heterocycles. The van der Waals surface area contributed by atoms with Crippen molar-refractivity contribution in [1.82, 2.24) is 14.9 Å². The van der Waals surface area contributed by atoms with Crippen LogP contribution < -0.4 is 5.32 Å². The maximum atomic E-state index is 12.3. The maximum Gasteiger partial charge on any atom is 0.225 e. The van der Waals surface area contributed by atoms with Gasteiger partial charge in [0, 0.05) is 24.7 Å². The number of benzene rings is 1. The molecule has 0 radical (unpaired) electrons. The van der Waals surface area contributed by atoms with Crippen LogP contribution in [0.15, 0.2) is 36.7 Å². The van der Waals surface area contributed by atoms with Gasteiger partial charge in [-0.25, -0.2) is 4.98 Å². The number of hydrogen-bond acceptors (Lipinski definition) is 3. The summed E-state index contributed by atoms with van der Waals surface area (Å²) < 4.78 is 7.42. The number of carbonyl (C=O) groups excluding carboxylic acids is 1. The van der Waals surface area contributed by atoms with Gasteiger partial charge in [0.1, 0.15) is 5.82 Å². The van der Waals surface area contributed by atoms with Gasteiger partial charge in [0.05, 0.1) is 18.6 Å².